The zero-order valence-electron chi connectivity index (χ0n) is 9.66. The van der Waals surface area contributed by atoms with Crippen molar-refractivity contribution in [3.8, 4) is 5.75 Å². The number of amides is 1. The number of rotatable bonds is 3. The van der Waals surface area contributed by atoms with Crippen molar-refractivity contribution in [1.82, 2.24) is 5.32 Å². The smallest absolute Gasteiger partial charge is 0.325 e. The molecule has 1 saturated heterocycles. The highest BCUT2D eigenvalue weighted by atomic mass is 32.2. The van der Waals surface area contributed by atoms with E-state index in [-0.39, 0.29) is 23.4 Å². The van der Waals surface area contributed by atoms with E-state index < -0.39 is 5.97 Å². The minimum atomic E-state index is -1.06. The van der Waals surface area contributed by atoms with Gasteiger partial charge < -0.3 is 15.5 Å². The summed E-state index contributed by atoms with van der Waals surface area (Å²) in [5.74, 6) is -1.29. The number of phenols is 1. The van der Waals surface area contributed by atoms with Gasteiger partial charge in [-0.1, -0.05) is 12.1 Å². The van der Waals surface area contributed by atoms with Crippen LogP contribution in [0.3, 0.4) is 0 Å². The first-order chi connectivity index (χ1) is 9.04. The number of nitrogens with one attached hydrogen (secondary N) is 1. The molecule has 7 heteroatoms. The number of hydrogen-bond donors (Lipinski definition) is 3. The van der Waals surface area contributed by atoms with E-state index in [9.17, 15) is 14.7 Å². The van der Waals surface area contributed by atoms with Gasteiger partial charge in [-0.15, -0.1) is 0 Å². The van der Waals surface area contributed by atoms with Gasteiger partial charge in [0.05, 0.1) is 4.91 Å². The lowest BCUT2D eigenvalue weighted by Crippen LogP contribution is -2.20. The first-order valence-electron chi connectivity index (χ1n) is 5.31. The van der Waals surface area contributed by atoms with Crippen LogP contribution in [0, 0.1) is 0 Å². The largest absolute Gasteiger partial charge is 0.508 e. The van der Waals surface area contributed by atoms with E-state index in [1.807, 2.05) is 0 Å². The van der Waals surface area contributed by atoms with E-state index in [1.165, 1.54) is 12.1 Å². The van der Waals surface area contributed by atoms with Crippen molar-refractivity contribution in [3.63, 3.8) is 0 Å². The summed E-state index contributed by atoms with van der Waals surface area (Å²) in [5.41, 5.74) is 0.678. The molecular weight excluding hydrogens is 268 g/mol. The van der Waals surface area contributed by atoms with Gasteiger partial charge in [0.2, 0.25) is 0 Å². The molecular formula is C12H10N2O4S. The number of phenolic OH excluding ortho intramolecular Hbond substituents is 1. The average molecular weight is 278 g/mol. The fourth-order valence-corrected chi connectivity index (χ4v) is 2.23. The summed E-state index contributed by atoms with van der Waals surface area (Å²) in [5, 5.41) is 20.6. The molecule has 0 atom stereocenters. The van der Waals surface area contributed by atoms with Crippen LogP contribution in [0.2, 0.25) is 0 Å². The Kier molecular flexibility index (Phi) is 3.86. The molecule has 1 aliphatic rings. The van der Waals surface area contributed by atoms with Crippen LogP contribution in [-0.2, 0) is 9.59 Å². The van der Waals surface area contributed by atoms with Crippen LogP contribution in [0.5, 0.6) is 5.75 Å². The van der Waals surface area contributed by atoms with Crippen LogP contribution in [0.25, 0.3) is 6.08 Å². The van der Waals surface area contributed by atoms with Crippen LogP contribution in [0.1, 0.15) is 5.56 Å². The predicted molar refractivity (Wildman–Crippen MR) is 71.8 cm³/mol. The van der Waals surface area contributed by atoms with Crippen molar-refractivity contribution >= 4 is 34.9 Å². The molecule has 0 radical (unpaired) electrons. The second-order valence-corrected chi connectivity index (χ2v) is 4.71. The third kappa shape index (κ3) is 3.59. The van der Waals surface area contributed by atoms with Crippen LogP contribution >= 0.6 is 11.8 Å². The molecule has 3 N–H and O–H groups in total. The van der Waals surface area contributed by atoms with Crippen LogP contribution < -0.4 is 5.32 Å². The maximum Gasteiger partial charge on any atom is 0.325 e. The summed E-state index contributed by atoms with van der Waals surface area (Å²) in [4.78, 5) is 26.1. The fourth-order valence-electron chi connectivity index (χ4n) is 1.41. The Bertz CT molecular complexity index is 595. The van der Waals surface area contributed by atoms with Gasteiger partial charge in [-0.05, 0) is 35.5 Å². The highest BCUT2D eigenvalue weighted by molar-refractivity contribution is 8.18. The number of carboxylic acid groups (broad SMARTS) is 1. The summed E-state index contributed by atoms with van der Waals surface area (Å²) in [6, 6.07) is 6.46. The molecule has 1 aromatic rings. The number of benzene rings is 1. The first-order valence-corrected chi connectivity index (χ1v) is 6.12. The first kappa shape index (κ1) is 13.2. The van der Waals surface area contributed by atoms with Gasteiger partial charge in [0.1, 0.15) is 12.3 Å². The lowest BCUT2D eigenvalue weighted by molar-refractivity contribution is -0.135. The third-order valence-corrected chi connectivity index (χ3v) is 3.12. The molecule has 98 valence electrons. The van der Waals surface area contributed by atoms with Crippen molar-refractivity contribution in [2.45, 2.75) is 0 Å². The van der Waals surface area contributed by atoms with Crippen molar-refractivity contribution in [1.29, 1.82) is 0 Å². The monoisotopic (exact) mass is 278 g/mol. The molecule has 0 aliphatic carbocycles. The number of carbonyl (C=O) groups is 2. The Morgan fingerprint density at radius 3 is 2.95 bits per heavy atom. The lowest BCUT2D eigenvalue weighted by atomic mass is 10.2. The zero-order valence-corrected chi connectivity index (χ0v) is 10.5. The van der Waals surface area contributed by atoms with E-state index >= 15 is 0 Å². The molecule has 0 aromatic heterocycles. The number of nitrogens with zero attached hydrogens (tertiary/aromatic N) is 1. The number of hydrogen-bond acceptors (Lipinski definition) is 5. The maximum atomic E-state index is 11.6. The maximum absolute atomic E-state index is 11.6. The molecule has 6 nitrogen and oxygen atoms in total. The van der Waals surface area contributed by atoms with Gasteiger partial charge in [-0.25, -0.2) is 0 Å². The number of carboxylic acids is 1. The van der Waals surface area contributed by atoms with Crippen molar-refractivity contribution in [2.75, 3.05) is 6.54 Å². The zero-order chi connectivity index (χ0) is 13.8. The number of amidine groups is 1. The van der Waals surface area contributed by atoms with Gasteiger partial charge in [0.25, 0.3) is 5.91 Å². The van der Waals surface area contributed by atoms with Gasteiger partial charge in [-0.2, -0.15) is 0 Å². The van der Waals surface area contributed by atoms with Crippen molar-refractivity contribution in [2.24, 2.45) is 4.99 Å². The molecule has 1 aromatic carbocycles. The number of carbonyl (C=O) groups excluding carboxylic acids is 1. The molecule has 1 amide bonds. The van der Waals surface area contributed by atoms with E-state index in [0.29, 0.717) is 10.5 Å². The molecule has 1 fully saturated rings. The fraction of sp³-hybridized carbons (Fsp3) is 0.0833. The van der Waals surface area contributed by atoms with E-state index in [2.05, 4.69) is 10.3 Å². The summed E-state index contributed by atoms with van der Waals surface area (Å²) in [6.45, 7) is -0.387. The third-order valence-electron chi connectivity index (χ3n) is 2.18. The molecule has 0 saturated carbocycles. The normalized spacial score (nSPS) is 18.8. The summed E-state index contributed by atoms with van der Waals surface area (Å²) in [6.07, 6.45) is 1.60. The molecule has 2 rings (SSSR count). The topological polar surface area (TPSA) is 99.0 Å². The molecule has 0 bridgehead atoms. The summed E-state index contributed by atoms with van der Waals surface area (Å²) < 4.78 is 0. The van der Waals surface area contributed by atoms with Gasteiger partial charge in [0, 0.05) is 0 Å². The minimum Gasteiger partial charge on any atom is -0.508 e. The van der Waals surface area contributed by atoms with Crippen LogP contribution in [0.15, 0.2) is 34.2 Å². The average Bonchev–Trinajstić information content (AvgIpc) is 2.68. The Morgan fingerprint density at radius 2 is 2.26 bits per heavy atom. The van der Waals surface area contributed by atoms with Crippen LogP contribution in [-0.4, -0.2) is 33.8 Å². The summed E-state index contributed by atoms with van der Waals surface area (Å²) >= 11 is 1.07. The van der Waals surface area contributed by atoms with E-state index in [0.717, 1.165) is 11.8 Å². The van der Waals surface area contributed by atoms with Gasteiger partial charge in [0.15, 0.2) is 5.17 Å². The molecule has 0 spiro atoms. The lowest BCUT2D eigenvalue weighted by Gasteiger charge is -1.95. The second-order valence-electron chi connectivity index (χ2n) is 3.67. The SMILES string of the molecule is O=C(O)CN=C1NC(=O)/C(=C/c2cccc(O)c2)S1. The number of thioether (sulfide) groups is 1. The Labute approximate surface area is 112 Å². The Balaban J connectivity index is 2.16. The molecule has 1 aliphatic heterocycles. The standard InChI is InChI=1S/C12H10N2O4S/c15-8-3-1-2-7(4-8)5-9-11(18)14-12(19-9)13-6-10(16)17/h1-5,15H,6H2,(H,16,17)(H,13,14,18)/b9-5-. The Morgan fingerprint density at radius 1 is 1.47 bits per heavy atom. The van der Waals surface area contributed by atoms with E-state index in [1.54, 1.807) is 18.2 Å². The highest BCUT2D eigenvalue weighted by Gasteiger charge is 2.23. The molecule has 19 heavy (non-hydrogen) atoms. The van der Waals surface area contributed by atoms with Crippen molar-refractivity contribution < 1.29 is 19.8 Å². The molecule has 0 unspecified atom stereocenters. The number of aliphatic carboxylic acids is 1. The van der Waals surface area contributed by atoms with Crippen molar-refractivity contribution in [3.05, 3.63) is 34.7 Å². The number of aromatic hydroxyl groups is 1. The van der Waals surface area contributed by atoms with E-state index in [4.69, 9.17) is 5.11 Å². The highest BCUT2D eigenvalue weighted by Crippen LogP contribution is 2.26. The van der Waals surface area contributed by atoms with Crippen LogP contribution in [0.4, 0.5) is 0 Å². The van der Waals surface area contributed by atoms with Gasteiger partial charge >= 0.3 is 5.97 Å². The second kappa shape index (κ2) is 5.57. The van der Waals surface area contributed by atoms with Gasteiger partial charge in [-0.3, -0.25) is 14.6 Å². The molecule has 1 heterocycles. The summed E-state index contributed by atoms with van der Waals surface area (Å²) in [7, 11) is 0. The predicted octanol–water partition coefficient (Wildman–Crippen LogP) is 1.04. The minimum absolute atomic E-state index is 0.109. The Hall–Kier alpha value is -2.28. The number of aliphatic imine (C=N–C) groups is 1. The quantitative estimate of drug-likeness (QED) is 0.717.